The van der Waals surface area contributed by atoms with E-state index in [4.69, 9.17) is 11.6 Å². The molecule has 11 heteroatoms. The van der Waals surface area contributed by atoms with E-state index in [-0.39, 0.29) is 16.4 Å². The SMILES string of the molecule is O=C(NNC(=O)c1cccs1)c1cn2cc(C(F)(F)F)cc(Cl)c2n1. The van der Waals surface area contributed by atoms with Crippen molar-refractivity contribution >= 4 is 40.4 Å². The Morgan fingerprint density at radius 3 is 2.56 bits per heavy atom. The molecule has 0 bridgehead atoms. The predicted molar refractivity (Wildman–Crippen MR) is 84.5 cm³/mol. The molecular weight excluding hydrogens is 381 g/mol. The first kappa shape index (κ1) is 17.2. The third-order valence-corrected chi connectivity index (χ3v) is 4.25. The third kappa shape index (κ3) is 3.59. The highest BCUT2D eigenvalue weighted by Crippen LogP contribution is 2.32. The Morgan fingerprint density at radius 1 is 1.20 bits per heavy atom. The molecule has 3 aromatic rings. The highest BCUT2D eigenvalue weighted by molar-refractivity contribution is 7.12. The van der Waals surface area contributed by atoms with Crippen molar-refractivity contribution in [1.82, 2.24) is 20.2 Å². The summed E-state index contributed by atoms with van der Waals surface area (Å²) >= 11 is 6.98. The van der Waals surface area contributed by atoms with Gasteiger partial charge in [0.05, 0.1) is 15.5 Å². The number of hydrogen-bond acceptors (Lipinski definition) is 4. The van der Waals surface area contributed by atoms with Crippen LogP contribution in [0.25, 0.3) is 5.65 Å². The Morgan fingerprint density at radius 2 is 1.92 bits per heavy atom. The van der Waals surface area contributed by atoms with Gasteiger partial charge < -0.3 is 4.40 Å². The maximum atomic E-state index is 12.8. The number of alkyl halides is 3. The number of carbonyl (C=O) groups is 2. The minimum Gasteiger partial charge on any atom is -0.304 e. The maximum Gasteiger partial charge on any atom is 0.417 e. The molecule has 0 aliphatic heterocycles. The van der Waals surface area contributed by atoms with Gasteiger partial charge in [-0.3, -0.25) is 20.4 Å². The molecule has 0 saturated heterocycles. The molecule has 0 aromatic carbocycles. The van der Waals surface area contributed by atoms with E-state index in [0.717, 1.165) is 22.9 Å². The second-order valence-corrected chi connectivity index (χ2v) is 6.17. The largest absolute Gasteiger partial charge is 0.417 e. The Hall–Kier alpha value is -2.59. The lowest BCUT2D eigenvalue weighted by atomic mass is 10.3. The lowest BCUT2D eigenvalue weighted by Gasteiger charge is -2.07. The van der Waals surface area contributed by atoms with Gasteiger partial charge in [-0.25, -0.2) is 4.98 Å². The average molecular weight is 389 g/mol. The van der Waals surface area contributed by atoms with Crippen LogP contribution in [0.4, 0.5) is 13.2 Å². The zero-order chi connectivity index (χ0) is 18.2. The summed E-state index contributed by atoms with van der Waals surface area (Å²) in [5.41, 5.74) is 3.14. The van der Waals surface area contributed by atoms with Gasteiger partial charge in [0.2, 0.25) is 0 Å². The van der Waals surface area contributed by atoms with E-state index in [9.17, 15) is 22.8 Å². The fourth-order valence-corrected chi connectivity index (χ4v) is 2.84. The van der Waals surface area contributed by atoms with Gasteiger partial charge in [-0.1, -0.05) is 17.7 Å². The number of nitrogens with zero attached hydrogens (tertiary/aromatic N) is 2. The van der Waals surface area contributed by atoms with E-state index in [1.165, 1.54) is 11.3 Å². The minimum atomic E-state index is -4.58. The normalized spacial score (nSPS) is 11.5. The lowest BCUT2D eigenvalue weighted by Crippen LogP contribution is -2.41. The summed E-state index contributed by atoms with van der Waals surface area (Å²) in [5.74, 6) is -1.32. The standard InChI is InChI=1S/C14H8ClF3N4O2S/c15-8-4-7(14(16,17)18)5-22-6-9(19-11(8)22)12(23)20-21-13(24)10-2-1-3-25-10/h1-6H,(H,20,23)(H,21,24). The van der Waals surface area contributed by atoms with Gasteiger partial charge in [-0.2, -0.15) is 13.2 Å². The summed E-state index contributed by atoms with van der Waals surface area (Å²) in [6.07, 6.45) is -2.72. The number of amides is 2. The number of carbonyl (C=O) groups excluding carboxylic acids is 2. The van der Waals surface area contributed by atoms with Crippen LogP contribution < -0.4 is 10.9 Å². The first-order valence-electron chi connectivity index (χ1n) is 6.65. The molecule has 0 spiro atoms. The number of aromatic nitrogens is 2. The van der Waals surface area contributed by atoms with Crippen LogP contribution in [-0.4, -0.2) is 21.2 Å². The van der Waals surface area contributed by atoms with Crippen LogP contribution in [-0.2, 0) is 6.18 Å². The summed E-state index contributed by atoms with van der Waals surface area (Å²) < 4.78 is 39.4. The summed E-state index contributed by atoms with van der Waals surface area (Å²) in [6, 6.07) is 3.96. The van der Waals surface area contributed by atoms with Crippen molar-refractivity contribution in [3.8, 4) is 0 Å². The fraction of sp³-hybridized carbons (Fsp3) is 0.0714. The molecule has 25 heavy (non-hydrogen) atoms. The molecule has 6 nitrogen and oxygen atoms in total. The first-order chi connectivity index (χ1) is 11.8. The number of thiophene rings is 1. The second kappa shape index (κ2) is 6.37. The number of nitrogens with one attached hydrogen (secondary N) is 2. The first-order valence-corrected chi connectivity index (χ1v) is 7.91. The van der Waals surface area contributed by atoms with Crippen molar-refractivity contribution in [3.63, 3.8) is 0 Å². The van der Waals surface area contributed by atoms with Gasteiger partial charge >= 0.3 is 6.18 Å². The van der Waals surface area contributed by atoms with Crippen LogP contribution >= 0.6 is 22.9 Å². The average Bonchev–Trinajstić information content (AvgIpc) is 3.20. The van der Waals surface area contributed by atoms with Gasteiger partial charge in [0.25, 0.3) is 11.8 Å². The van der Waals surface area contributed by atoms with Crippen LogP contribution in [0.3, 0.4) is 0 Å². The van der Waals surface area contributed by atoms with E-state index < -0.39 is 23.6 Å². The zero-order valence-corrected chi connectivity index (χ0v) is 13.7. The van der Waals surface area contributed by atoms with E-state index in [1.54, 1.807) is 17.5 Å². The summed E-state index contributed by atoms with van der Waals surface area (Å²) in [7, 11) is 0. The molecule has 0 fully saturated rings. The zero-order valence-electron chi connectivity index (χ0n) is 12.1. The van der Waals surface area contributed by atoms with Crippen molar-refractivity contribution in [3.05, 3.63) is 57.1 Å². The summed E-state index contributed by atoms with van der Waals surface area (Å²) in [5, 5.41) is 1.44. The van der Waals surface area contributed by atoms with Crippen molar-refractivity contribution < 1.29 is 22.8 Å². The Balaban J connectivity index is 1.80. The topological polar surface area (TPSA) is 75.5 Å². The van der Waals surface area contributed by atoms with Crippen LogP contribution in [0.2, 0.25) is 5.02 Å². The Bertz CT molecular complexity index is 953. The molecule has 0 atom stereocenters. The van der Waals surface area contributed by atoms with Gasteiger partial charge in [-0.05, 0) is 17.5 Å². The number of fused-ring (bicyclic) bond motifs is 1. The highest BCUT2D eigenvalue weighted by atomic mass is 35.5. The van der Waals surface area contributed by atoms with E-state index in [2.05, 4.69) is 15.8 Å². The molecule has 130 valence electrons. The van der Waals surface area contributed by atoms with E-state index in [0.29, 0.717) is 4.88 Å². The lowest BCUT2D eigenvalue weighted by molar-refractivity contribution is -0.137. The number of imidazole rings is 1. The van der Waals surface area contributed by atoms with Crippen LogP contribution in [0, 0.1) is 0 Å². The maximum absolute atomic E-state index is 12.8. The number of halogens is 4. The molecule has 3 aromatic heterocycles. The molecule has 2 N–H and O–H groups in total. The molecule has 0 unspecified atom stereocenters. The van der Waals surface area contributed by atoms with E-state index >= 15 is 0 Å². The molecule has 0 aliphatic rings. The number of hydrogen-bond donors (Lipinski definition) is 2. The molecule has 3 rings (SSSR count). The Labute approximate surface area is 147 Å². The second-order valence-electron chi connectivity index (χ2n) is 4.82. The summed E-state index contributed by atoms with van der Waals surface area (Å²) in [6.45, 7) is 0. The monoisotopic (exact) mass is 388 g/mol. The highest BCUT2D eigenvalue weighted by Gasteiger charge is 2.32. The third-order valence-electron chi connectivity index (χ3n) is 3.10. The number of hydrazine groups is 1. The van der Waals surface area contributed by atoms with E-state index in [1.807, 2.05) is 0 Å². The molecule has 3 heterocycles. The quantitative estimate of drug-likeness (QED) is 0.662. The molecular formula is C14H8ClF3N4O2S. The van der Waals surface area contributed by atoms with Crippen molar-refractivity contribution in [2.75, 3.05) is 0 Å². The van der Waals surface area contributed by atoms with Crippen molar-refractivity contribution in [2.45, 2.75) is 6.18 Å². The van der Waals surface area contributed by atoms with Crippen molar-refractivity contribution in [2.24, 2.45) is 0 Å². The number of rotatable bonds is 2. The predicted octanol–water partition coefficient (Wildman–Crippen LogP) is 3.14. The molecule has 0 radical (unpaired) electrons. The smallest absolute Gasteiger partial charge is 0.304 e. The van der Waals surface area contributed by atoms with Crippen LogP contribution in [0.5, 0.6) is 0 Å². The van der Waals surface area contributed by atoms with Gasteiger partial charge in [0.1, 0.15) is 5.69 Å². The summed E-state index contributed by atoms with van der Waals surface area (Å²) in [4.78, 5) is 28.0. The fourth-order valence-electron chi connectivity index (χ4n) is 1.97. The molecule has 0 aliphatic carbocycles. The van der Waals surface area contributed by atoms with Crippen LogP contribution in [0.1, 0.15) is 25.7 Å². The number of pyridine rings is 1. The molecule has 0 saturated carbocycles. The van der Waals surface area contributed by atoms with Gasteiger partial charge in [-0.15, -0.1) is 11.3 Å². The van der Waals surface area contributed by atoms with Crippen molar-refractivity contribution in [1.29, 1.82) is 0 Å². The Kier molecular flexibility index (Phi) is 4.39. The van der Waals surface area contributed by atoms with Crippen LogP contribution in [0.15, 0.2) is 36.0 Å². The van der Waals surface area contributed by atoms with Gasteiger partial charge in [0, 0.05) is 12.4 Å². The minimum absolute atomic E-state index is 0.00981. The van der Waals surface area contributed by atoms with Gasteiger partial charge in [0.15, 0.2) is 5.65 Å². The molecule has 2 amide bonds.